The van der Waals surface area contributed by atoms with E-state index in [0.29, 0.717) is 13.1 Å². The van der Waals surface area contributed by atoms with Gasteiger partial charge in [0.25, 0.3) is 5.91 Å². The van der Waals surface area contributed by atoms with Crippen LogP contribution in [0.1, 0.15) is 48.3 Å². The van der Waals surface area contributed by atoms with Gasteiger partial charge in [-0.1, -0.05) is 44.0 Å². The van der Waals surface area contributed by atoms with Gasteiger partial charge in [-0.15, -0.1) is 11.3 Å². The Balaban J connectivity index is 1.32. The van der Waals surface area contributed by atoms with Crippen LogP contribution in [-0.4, -0.2) is 40.7 Å². The molecule has 172 valence electrons. The molecule has 1 aliphatic heterocycles. The van der Waals surface area contributed by atoms with Crippen molar-refractivity contribution in [2.45, 2.75) is 51.2 Å². The highest BCUT2D eigenvalue weighted by Gasteiger charge is 2.36. The Labute approximate surface area is 198 Å². The molecule has 0 spiro atoms. The Hall–Kier alpha value is -2.83. The van der Waals surface area contributed by atoms with Gasteiger partial charge in [-0.25, -0.2) is 0 Å². The van der Waals surface area contributed by atoms with Gasteiger partial charge in [0, 0.05) is 46.6 Å². The van der Waals surface area contributed by atoms with E-state index in [9.17, 15) is 9.90 Å². The van der Waals surface area contributed by atoms with Crippen molar-refractivity contribution in [3.63, 3.8) is 0 Å². The third kappa shape index (κ3) is 4.63. The molecule has 1 amide bonds. The number of para-hydroxylation sites is 1. The number of carbonyl (C=O) groups is 1. The smallest absolute Gasteiger partial charge is 0.261 e. The summed E-state index contributed by atoms with van der Waals surface area (Å²) in [7, 11) is 0. The van der Waals surface area contributed by atoms with Gasteiger partial charge in [0.2, 0.25) is 0 Å². The van der Waals surface area contributed by atoms with Gasteiger partial charge in [0.1, 0.15) is 0 Å². The second-order valence-corrected chi connectivity index (χ2v) is 10.6. The molecular weight excluding hydrogens is 430 g/mol. The Kier molecular flexibility index (Phi) is 5.89. The van der Waals surface area contributed by atoms with Crippen LogP contribution in [0.3, 0.4) is 0 Å². The molecule has 3 heterocycles. The van der Waals surface area contributed by atoms with Crippen LogP contribution in [0.15, 0.2) is 54.7 Å². The van der Waals surface area contributed by atoms with E-state index in [1.54, 1.807) is 11.3 Å². The van der Waals surface area contributed by atoms with Crippen molar-refractivity contribution in [3.05, 3.63) is 65.2 Å². The maximum atomic E-state index is 13.2. The summed E-state index contributed by atoms with van der Waals surface area (Å²) in [5, 5.41) is 15.7. The summed E-state index contributed by atoms with van der Waals surface area (Å²) < 4.78 is 1.10. The van der Waals surface area contributed by atoms with Gasteiger partial charge < -0.3 is 20.3 Å². The molecule has 6 heteroatoms. The highest BCUT2D eigenvalue weighted by molar-refractivity contribution is 7.20. The van der Waals surface area contributed by atoms with E-state index in [-0.39, 0.29) is 11.9 Å². The first kappa shape index (κ1) is 22.0. The fourth-order valence-corrected chi connectivity index (χ4v) is 5.78. The fraction of sp³-hybridized carbons (Fsp3) is 0.370. The topological polar surface area (TPSA) is 68.4 Å². The molecule has 0 aliphatic carbocycles. The fourth-order valence-electron chi connectivity index (χ4n) is 4.79. The zero-order valence-corrected chi connectivity index (χ0v) is 20.0. The lowest BCUT2D eigenvalue weighted by Crippen LogP contribution is -2.60. The Morgan fingerprint density at radius 2 is 2.06 bits per heavy atom. The van der Waals surface area contributed by atoms with Gasteiger partial charge >= 0.3 is 0 Å². The maximum absolute atomic E-state index is 13.2. The first-order chi connectivity index (χ1) is 15.9. The van der Waals surface area contributed by atoms with Crippen molar-refractivity contribution in [2.24, 2.45) is 0 Å². The number of benzene rings is 2. The second kappa shape index (κ2) is 8.84. The predicted molar refractivity (Wildman–Crippen MR) is 137 cm³/mol. The summed E-state index contributed by atoms with van der Waals surface area (Å²) in [5.74, 6) is 0.00516. The van der Waals surface area contributed by atoms with Crippen LogP contribution >= 0.6 is 11.3 Å². The summed E-state index contributed by atoms with van der Waals surface area (Å²) in [6.07, 6.45) is 6.05. The number of carbonyl (C=O) groups excluding carboxylic acids is 1. The number of aliphatic hydroxyl groups is 1. The number of anilines is 1. The number of unbranched alkanes of at least 4 members (excludes halogenated alkanes) is 1. The van der Waals surface area contributed by atoms with Gasteiger partial charge in [0.05, 0.1) is 10.5 Å². The molecule has 1 fully saturated rings. The van der Waals surface area contributed by atoms with Crippen LogP contribution in [0.2, 0.25) is 0 Å². The standard InChI is InChI=1S/C27H31N3O2S/c1-3-4-7-20(12-19-15-28-23-9-6-5-8-22(19)23)29-26(31)25-13-18-10-11-21(14-24(18)33-25)30-16-27(2,32)17-30/h5-6,8-11,13-15,20,28,32H,3-4,7,12,16-17H2,1-2H3,(H,29,31). The molecule has 1 aliphatic rings. The average molecular weight is 462 g/mol. The molecule has 1 saturated heterocycles. The van der Waals surface area contributed by atoms with E-state index in [1.165, 1.54) is 10.9 Å². The number of nitrogens with one attached hydrogen (secondary N) is 2. The maximum Gasteiger partial charge on any atom is 0.261 e. The molecule has 1 atom stereocenters. The third-order valence-corrected chi connectivity index (χ3v) is 7.63. The number of rotatable bonds is 8. The lowest BCUT2D eigenvalue weighted by atomic mass is 9.96. The number of nitrogens with zero attached hydrogens (tertiary/aromatic N) is 1. The normalized spacial score (nSPS) is 16.2. The van der Waals surface area contributed by atoms with Crippen LogP contribution in [-0.2, 0) is 6.42 Å². The second-order valence-electron chi connectivity index (χ2n) is 9.56. The summed E-state index contributed by atoms with van der Waals surface area (Å²) in [6, 6.07) is 16.7. The van der Waals surface area contributed by atoms with Crippen LogP contribution in [0.25, 0.3) is 21.0 Å². The van der Waals surface area contributed by atoms with Crippen molar-refractivity contribution >= 4 is 43.9 Å². The van der Waals surface area contributed by atoms with Crippen LogP contribution < -0.4 is 10.2 Å². The molecule has 4 aromatic rings. The van der Waals surface area contributed by atoms with Crippen molar-refractivity contribution in [3.8, 4) is 0 Å². The van der Waals surface area contributed by atoms with E-state index in [0.717, 1.165) is 51.9 Å². The summed E-state index contributed by atoms with van der Waals surface area (Å²) in [5.41, 5.74) is 2.88. The third-order valence-electron chi connectivity index (χ3n) is 6.54. The van der Waals surface area contributed by atoms with Crippen LogP contribution in [0.5, 0.6) is 0 Å². The molecule has 1 unspecified atom stereocenters. The van der Waals surface area contributed by atoms with E-state index in [1.807, 2.05) is 19.1 Å². The zero-order valence-electron chi connectivity index (χ0n) is 19.2. The number of amides is 1. The number of β-amino-alcohol motifs (C(OH)–C–C–N with tert-alkyl or cyclic N) is 1. The monoisotopic (exact) mass is 461 g/mol. The number of aromatic nitrogens is 1. The minimum absolute atomic E-state index is 0.00516. The van der Waals surface area contributed by atoms with Crippen molar-refractivity contribution in [1.29, 1.82) is 0 Å². The molecule has 2 aromatic heterocycles. The van der Waals surface area contributed by atoms with E-state index in [4.69, 9.17) is 0 Å². The zero-order chi connectivity index (χ0) is 23.0. The molecule has 0 saturated carbocycles. The van der Waals surface area contributed by atoms with Gasteiger partial charge in [0.15, 0.2) is 0 Å². The van der Waals surface area contributed by atoms with E-state index >= 15 is 0 Å². The quantitative estimate of drug-likeness (QED) is 0.325. The van der Waals surface area contributed by atoms with Crippen LogP contribution in [0.4, 0.5) is 5.69 Å². The van der Waals surface area contributed by atoms with E-state index < -0.39 is 5.60 Å². The molecular formula is C27H31N3O2S. The van der Waals surface area contributed by atoms with Crippen LogP contribution in [0, 0.1) is 0 Å². The lowest BCUT2D eigenvalue weighted by Gasteiger charge is -2.45. The molecule has 3 N–H and O–H groups in total. The highest BCUT2D eigenvalue weighted by atomic mass is 32.1. The van der Waals surface area contributed by atoms with Crippen molar-refractivity contribution in [1.82, 2.24) is 10.3 Å². The Morgan fingerprint density at radius 3 is 2.85 bits per heavy atom. The molecule has 0 radical (unpaired) electrons. The minimum atomic E-state index is -0.603. The number of thiophene rings is 1. The molecule has 2 aromatic carbocycles. The summed E-state index contributed by atoms with van der Waals surface area (Å²) in [6.45, 7) is 5.33. The van der Waals surface area contributed by atoms with E-state index in [2.05, 4.69) is 64.7 Å². The minimum Gasteiger partial charge on any atom is -0.386 e. The number of hydrogen-bond acceptors (Lipinski definition) is 4. The molecule has 5 nitrogen and oxygen atoms in total. The van der Waals surface area contributed by atoms with Gasteiger partial charge in [-0.05, 0) is 55.0 Å². The Morgan fingerprint density at radius 1 is 1.24 bits per heavy atom. The van der Waals surface area contributed by atoms with Crippen molar-refractivity contribution in [2.75, 3.05) is 18.0 Å². The highest BCUT2D eigenvalue weighted by Crippen LogP contribution is 2.33. The van der Waals surface area contributed by atoms with Gasteiger partial charge in [-0.2, -0.15) is 0 Å². The Bertz CT molecular complexity index is 1280. The molecule has 33 heavy (non-hydrogen) atoms. The number of H-pyrrole nitrogens is 1. The lowest BCUT2D eigenvalue weighted by molar-refractivity contribution is 0.0310. The van der Waals surface area contributed by atoms with Gasteiger partial charge in [-0.3, -0.25) is 4.79 Å². The first-order valence-electron chi connectivity index (χ1n) is 11.8. The first-order valence-corrected chi connectivity index (χ1v) is 12.6. The number of fused-ring (bicyclic) bond motifs is 2. The largest absolute Gasteiger partial charge is 0.386 e. The van der Waals surface area contributed by atoms with Crippen molar-refractivity contribution < 1.29 is 9.90 Å². The predicted octanol–water partition coefficient (Wildman–Crippen LogP) is 5.48. The number of hydrogen-bond donors (Lipinski definition) is 3. The summed E-state index contributed by atoms with van der Waals surface area (Å²) in [4.78, 5) is 19.5. The summed E-state index contributed by atoms with van der Waals surface area (Å²) >= 11 is 1.54. The number of aromatic amines is 1. The molecule has 0 bridgehead atoms. The SMILES string of the molecule is CCCCC(Cc1c[nH]c2ccccc12)NC(=O)c1cc2ccc(N3CC(C)(O)C3)cc2s1. The molecule has 5 rings (SSSR count). The average Bonchev–Trinajstić information content (AvgIpc) is 3.39.